The zero-order valence-electron chi connectivity index (χ0n) is 13.2. The first kappa shape index (κ1) is 18.6. The van der Waals surface area contributed by atoms with Crippen LogP contribution in [0.15, 0.2) is 35.5 Å². The Morgan fingerprint density at radius 3 is 1.82 bits per heavy atom. The summed E-state index contributed by atoms with van der Waals surface area (Å²) in [6.07, 6.45) is 11.2. The van der Waals surface area contributed by atoms with Crippen LogP contribution < -0.4 is 0 Å². The number of allylic oxidation sites excluding steroid dienone is 6. The molecule has 0 spiro atoms. The highest BCUT2D eigenvalue weighted by atomic mass is 14.2. The van der Waals surface area contributed by atoms with E-state index in [1.807, 2.05) is 13.8 Å². The van der Waals surface area contributed by atoms with E-state index >= 15 is 0 Å². The molecule has 0 heterocycles. The van der Waals surface area contributed by atoms with Gasteiger partial charge in [-0.15, -0.1) is 0 Å². The summed E-state index contributed by atoms with van der Waals surface area (Å²) in [5.41, 5.74) is 3.08. The van der Waals surface area contributed by atoms with Gasteiger partial charge < -0.3 is 0 Å². The zero-order valence-corrected chi connectivity index (χ0v) is 13.2. The maximum absolute atomic E-state index is 2.30. The van der Waals surface area contributed by atoms with Gasteiger partial charge in [-0.05, 0) is 30.8 Å². The van der Waals surface area contributed by atoms with Gasteiger partial charge in [0.05, 0.1) is 0 Å². The Hall–Kier alpha value is -0.780. The van der Waals surface area contributed by atoms with E-state index in [2.05, 4.69) is 65.8 Å². The van der Waals surface area contributed by atoms with Gasteiger partial charge in [0.2, 0.25) is 0 Å². The molecule has 0 aromatic carbocycles. The summed E-state index contributed by atoms with van der Waals surface area (Å²) in [5, 5.41) is 0. The van der Waals surface area contributed by atoms with Crippen molar-refractivity contribution in [3.8, 4) is 0 Å². The monoisotopic (exact) mass is 236 g/mol. The van der Waals surface area contributed by atoms with Gasteiger partial charge in [-0.3, -0.25) is 0 Å². The van der Waals surface area contributed by atoms with E-state index in [1.165, 1.54) is 11.1 Å². The standard InChI is InChI=1S/C15H26.C2H6/c1-7-10-13(8-2)11-12-14(9-3)15(4,5)6;1-2/h9-12H,7-8H2,1-6H3;1-2H3/b12-11-,13-10+,14-9+;. The summed E-state index contributed by atoms with van der Waals surface area (Å²) in [6.45, 7) is 17.3. The maximum atomic E-state index is 2.30. The minimum atomic E-state index is 0.246. The first-order valence-electron chi connectivity index (χ1n) is 6.99. The molecular formula is C17H32. The van der Waals surface area contributed by atoms with Gasteiger partial charge in [-0.1, -0.05) is 78.3 Å². The van der Waals surface area contributed by atoms with Crippen molar-refractivity contribution in [2.45, 2.75) is 68.2 Å². The Kier molecular flexibility index (Phi) is 11.3. The molecule has 0 N–H and O–H groups in total. The van der Waals surface area contributed by atoms with Crippen LogP contribution in [0.25, 0.3) is 0 Å². The van der Waals surface area contributed by atoms with Crippen molar-refractivity contribution in [3.05, 3.63) is 35.5 Å². The lowest BCUT2D eigenvalue weighted by Crippen LogP contribution is -2.07. The summed E-state index contributed by atoms with van der Waals surface area (Å²) >= 11 is 0. The number of hydrogen-bond donors (Lipinski definition) is 0. The lowest BCUT2D eigenvalue weighted by atomic mass is 9.85. The SMILES string of the molecule is CC.C\C=C(/C=C\C(=C\CC)CC)C(C)(C)C. The van der Waals surface area contributed by atoms with Gasteiger partial charge in [0.15, 0.2) is 0 Å². The number of rotatable bonds is 4. The minimum Gasteiger partial charge on any atom is -0.0839 e. The highest BCUT2D eigenvalue weighted by Gasteiger charge is 2.12. The Morgan fingerprint density at radius 1 is 1.00 bits per heavy atom. The van der Waals surface area contributed by atoms with Crippen LogP contribution in [0.4, 0.5) is 0 Å². The van der Waals surface area contributed by atoms with Crippen LogP contribution >= 0.6 is 0 Å². The Balaban J connectivity index is 0. The molecule has 17 heavy (non-hydrogen) atoms. The van der Waals surface area contributed by atoms with Crippen molar-refractivity contribution in [2.75, 3.05) is 0 Å². The average Bonchev–Trinajstić information content (AvgIpc) is 2.29. The Morgan fingerprint density at radius 2 is 1.53 bits per heavy atom. The van der Waals surface area contributed by atoms with E-state index < -0.39 is 0 Å². The average molecular weight is 236 g/mol. The molecule has 0 atom stereocenters. The fraction of sp³-hybridized carbons (Fsp3) is 0.647. The second-order valence-corrected chi connectivity index (χ2v) is 4.87. The highest BCUT2D eigenvalue weighted by molar-refractivity contribution is 5.30. The van der Waals surface area contributed by atoms with Crippen molar-refractivity contribution < 1.29 is 0 Å². The Labute approximate surface area is 110 Å². The van der Waals surface area contributed by atoms with E-state index in [0.29, 0.717) is 0 Å². The molecule has 0 radical (unpaired) electrons. The fourth-order valence-electron chi connectivity index (χ4n) is 1.57. The third-order valence-electron chi connectivity index (χ3n) is 2.53. The van der Waals surface area contributed by atoms with Gasteiger partial charge in [0, 0.05) is 0 Å². The van der Waals surface area contributed by atoms with Crippen molar-refractivity contribution in [1.29, 1.82) is 0 Å². The number of hydrogen-bond acceptors (Lipinski definition) is 0. The molecule has 0 bridgehead atoms. The van der Waals surface area contributed by atoms with Crippen LogP contribution in [0, 0.1) is 5.41 Å². The molecular weight excluding hydrogens is 204 g/mol. The van der Waals surface area contributed by atoms with E-state index in [1.54, 1.807) is 0 Å². The quantitative estimate of drug-likeness (QED) is 0.502. The summed E-state index contributed by atoms with van der Waals surface area (Å²) in [5.74, 6) is 0. The molecule has 0 aromatic rings. The molecule has 0 aliphatic rings. The molecule has 0 heteroatoms. The van der Waals surface area contributed by atoms with Crippen LogP contribution in [-0.2, 0) is 0 Å². The molecule has 0 aromatic heterocycles. The summed E-state index contributed by atoms with van der Waals surface area (Å²) in [6, 6.07) is 0. The predicted molar refractivity (Wildman–Crippen MR) is 82.4 cm³/mol. The second kappa shape index (κ2) is 10.4. The van der Waals surface area contributed by atoms with E-state index in [0.717, 1.165) is 12.8 Å². The van der Waals surface area contributed by atoms with Crippen LogP contribution in [-0.4, -0.2) is 0 Å². The summed E-state index contributed by atoms with van der Waals surface area (Å²) < 4.78 is 0. The minimum absolute atomic E-state index is 0.246. The zero-order chi connectivity index (χ0) is 13.9. The molecule has 0 unspecified atom stereocenters. The topological polar surface area (TPSA) is 0 Å². The van der Waals surface area contributed by atoms with Gasteiger partial charge in [-0.25, -0.2) is 0 Å². The maximum Gasteiger partial charge on any atom is -0.0135 e. The van der Waals surface area contributed by atoms with E-state index in [-0.39, 0.29) is 5.41 Å². The third-order valence-corrected chi connectivity index (χ3v) is 2.53. The molecule has 0 rings (SSSR count). The normalized spacial score (nSPS) is 13.6. The highest BCUT2D eigenvalue weighted by Crippen LogP contribution is 2.26. The van der Waals surface area contributed by atoms with Crippen molar-refractivity contribution in [1.82, 2.24) is 0 Å². The van der Waals surface area contributed by atoms with Crippen LogP contribution in [0.1, 0.15) is 68.2 Å². The molecule has 0 aliphatic carbocycles. The van der Waals surface area contributed by atoms with Crippen molar-refractivity contribution >= 4 is 0 Å². The smallest absolute Gasteiger partial charge is 0.0135 e. The molecule has 0 nitrogen and oxygen atoms in total. The lowest BCUT2D eigenvalue weighted by Gasteiger charge is -2.20. The summed E-state index contributed by atoms with van der Waals surface area (Å²) in [4.78, 5) is 0. The van der Waals surface area contributed by atoms with Crippen LogP contribution in [0.5, 0.6) is 0 Å². The van der Waals surface area contributed by atoms with Crippen LogP contribution in [0.3, 0.4) is 0 Å². The Bertz CT molecular complexity index is 256. The molecule has 100 valence electrons. The molecule has 0 amide bonds. The first-order chi connectivity index (χ1) is 7.95. The largest absolute Gasteiger partial charge is 0.0839 e. The van der Waals surface area contributed by atoms with Gasteiger partial charge in [0.1, 0.15) is 0 Å². The van der Waals surface area contributed by atoms with Gasteiger partial charge >= 0.3 is 0 Å². The van der Waals surface area contributed by atoms with E-state index in [4.69, 9.17) is 0 Å². The van der Waals surface area contributed by atoms with Gasteiger partial charge in [-0.2, -0.15) is 0 Å². The lowest BCUT2D eigenvalue weighted by molar-refractivity contribution is 0.516. The molecule has 0 aliphatic heterocycles. The van der Waals surface area contributed by atoms with Crippen molar-refractivity contribution in [3.63, 3.8) is 0 Å². The molecule has 0 saturated carbocycles. The molecule has 0 fully saturated rings. The predicted octanol–water partition coefficient (Wildman–Crippen LogP) is 6.31. The third kappa shape index (κ3) is 8.97. The van der Waals surface area contributed by atoms with Crippen molar-refractivity contribution in [2.24, 2.45) is 5.41 Å². The van der Waals surface area contributed by atoms with Gasteiger partial charge in [0.25, 0.3) is 0 Å². The molecule has 0 saturated heterocycles. The van der Waals surface area contributed by atoms with Crippen LogP contribution in [0.2, 0.25) is 0 Å². The fourth-order valence-corrected chi connectivity index (χ4v) is 1.57. The summed E-state index contributed by atoms with van der Waals surface area (Å²) in [7, 11) is 0. The van der Waals surface area contributed by atoms with E-state index in [9.17, 15) is 0 Å². The second-order valence-electron chi connectivity index (χ2n) is 4.87. The first-order valence-corrected chi connectivity index (χ1v) is 6.99.